The highest BCUT2D eigenvalue weighted by atomic mass is 19.1. The van der Waals surface area contributed by atoms with Crippen molar-refractivity contribution in [3.05, 3.63) is 35.6 Å². The number of morpholine rings is 1. The van der Waals surface area contributed by atoms with Gasteiger partial charge in [-0.25, -0.2) is 4.39 Å². The number of hydrogen-bond donors (Lipinski definition) is 2. The zero-order valence-corrected chi connectivity index (χ0v) is 9.92. The lowest BCUT2D eigenvalue weighted by atomic mass is 10.2. The highest BCUT2D eigenvalue weighted by Crippen LogP contribution is 2.04. The normalized spacial score (nSPS) is 20.4. The topological polar surface area (TPSA) is 33.3 Å². The molecule has 3 nitrogen and oxygen atoms in total. The van der Waals surface area contributed by atoms with E-state index < -0.39 is 0 Å². The molecule has 0 spiro atoms. The Balaban J connectivity index is 1.62. The van der Waals surface area contributed by atoms with Gasteiger partial charge in [0.05, 0.1) is 12.7 Å². The van der Waals surface area contributed by atoms with Crippen molar-refractivity contribution in [3.63, 3.8) is 0 Å². The molecule has 0 aliphatic carbocycles. The van der Waals surface area contributed by atoms with Gasteiger partial charge in [0.15, 0.2) is 0 Å². The molecule has 1 unspecified atom stereocenters. The number of rotatable bonds is 5. The minimum atomic E-state index is -0.177. The largest absolute Gasteiger partial charge is 0.376 e. The molecule has 2 N–H and O–H groups in total. The van der Waals surface area contributed by atoms with E-state index in [2.05, 4.69) is 10.6 Å². The summed E-state index contributed by atoms with van der Waals surface area (Å²) in [6.07, 6.45) is 1.30. The van der Waals surface area contributed by atoms with Gasteiger partial charge >= 0.3 is 0 Å². The van der Waals surface area contributed by atoms with Gasteiger partial charge in [0, 0.05) is 19.6 Å². The second-order valence-corrected chi connectivity index (χ2v) is 4.29. The van der Waals surface area contributed by atoms with Crippen LogP contribution in [0.4, 0.5) is 4.39 Å². The summed E-state index contributed by atoms with van der Waals surface area (Å²) < 4.78 is 18.5. The predicted molar refractivity (Wildman–Crippen MR) is 65.3 cm³/mol. The third-order valence-corrected chi connectivity index (χ3v) is 2.87. The quantitative estimate of drug-likeness (QED) is 0.758. The maximum atomic E-state index is 12.9. The highest BCUT2D eigenvalue weighted by molar-refractivity contribution is 5.15. The monoisotopic (exact) mass is 238 g/mol. The lowest BCUT2D eigenvalue weighted by Gasteiger charge is -2.23. The van der Waals surface area contributed by atoms with E-state index in [4.69, 9.17) is 4.74 Å². The van der Waals surface area contributed by atoms with Gasteiger partial charge in [0.1, 0.15) is 5.82 Å². The molecule has 0 saturated carbocycles. The minimum Gasteiger partial charge on any atom is -0.376 e. The summed E-state index contributed by atoms with van der Waals surface area (Å²) in [5.74, 6) is -0.177. The van der Waals surface area contributed by atoms with E-state index >= 15 is 0 Å². The van der Waals surface area contributed by atoms with Crippen LogP contribution in [0, 0.1) is 5.82 Å². The fraction of sp³-hybridized carbons (Fsp3) is 0.538. The van der Waals surface area contributed by atoms with Gasteiger partial charge in [0.2, 0.25) is 0 Å². The van der Waals surface area contributed by atoms with Gasteiger partial charge in [-0.1, -0.05) is 12.1 Å². The number of benzene rings is 1. The minimum absolute atomic E-state index is 0.177. The van der Waals surface area contributed by atoms with Crippen molar-refractivity contribution in [2.45, 2.75) is 19.1 Å². The van der Waals surface area contributed by atoms with Crippen molar-refractivity contribution in [2.75, 3.05) is 26.2 Å². The maximum Gasteiger partial charge on any atom is 0.123 e. The van der Waals surface area contributed by atoms with E-state index in [-0.39, 0.29) is 5.82 Å². The van der Waals surface area contributed by atoms with Crippen molar-refractivity contribution < 1.29 is 9.13 Å². The highest BCUT2D eigenvalue weighted by Gasteiger charge is 2.11. The van der Waals surface area contributed by atoms with Crippen LogP contribution in [0.25, 0.3) is 0 Å². The fourth-order valence-corrected chi connectivity index (χ4v) is 1.95. The summed E-state index contributed by atoms with van der Waals surface area (Å²) in [5, 5.41) is 6.60. The molecule has 0 amide bonds. The Kier molecular flexibility index (Phi) is 4.91. The van der Waals surface area contributed by atoms with E-state index in [0.29, 0.717) is 12.6 Å². The first kappa shape index (κ1) is 12.5. The van der Waals surface area contributed by atoms with Crippen molar-refractivity contribution in [3.8, 4) is 0 Å². The van der Waals surface area contributed by atoms with Crippen molar-refractivity contribution in [1.82, 2.24) is 10.6 Å². The molecule has 1 fully saturated rings. The zero-order valence-electron chi connectivity index (χ0n) is 9.92. The van der Waals surface area contributed by atoms with Gasteiger partial charge < -0.3 is 15.4 Å². The summed E-state index contributed by atoms with van der Waals surface area (Å²) in [6.45, 7) is 4.28. The van der Waals surface area contributed by atoms with Gasteiger partial charge in [-0.2, -0.15) is 0 Å². The molecule has 1 aliphatic heterocycles. The van der Waals surface area contributed by atoms with E-state index in [0.717, 1.165) is 38.2 Å². The second-order valence-electron chi connectivity index (χ2n) is 4.29. The van der Waals surface area contributed by atoms with Crippen molar-refractivity contribution in [2.24, 2.45) is 0 Å². The molecule has 2 rings (SSSR count). The van der Waals surface area contributed by atoms with Gasteiger partial charge in [-0.3, -0.25) is 0 Å². The molecule has 1 aliphatic rings. The number of ether oxygens (including phenoxy) is 1. The third kappa shape index (κ3) is 4.42. The Morgan fingerprint density at radius 1 is 1.47 bits per heavy atom. The maximum absolute atomic E-state index is 12.9. The van der Waals surface area contributed by atoms with Crippen LogP contribution in [0.5, 0.6) is 0 Å². The number of halogens is 1. The first-order chi connectivity index (χ1) is 8.34. The smallest absolute Gasteiger partial charge is 0.123 e. The summed E-state index contributed by atoms with van der Waals surface area (Å²) in [7, 11) is 0. The molecule has 1 atom stereocenters. The third-order valence-electron chi connectivity index (χ3n) is 2.87. The molecule has 4 heteroatoms. The Bertz CT molecular complexity index is 340. The average molecular weight is 238 g/mol. The lowest BCUT2D eigenvalue weighted by molar-refractivity contribution is 0.0238. The van der Waals surface area contributed by atoms with Gasteiger partial charge in [0.25, 0.3) is 0 Å². The van der Waals surface area contributed by atoms with Crippen LogP contribution in [0.2, 0.25) is 0 Å². The molecule has 0 aromatic heterocycles. The molecule has 1 heterocycles. The van der Waals surface area contributed by atoms with Gasteiger partial charge in [-0.05, 0) is 30.7 Å². The number of hydrogen-bond acceptors (Lipinski definition) is 3. The summed E-state index contributed by atoms with van der Waals surface area (Å²) in [6, 6.07) is 6.69. The molecule has 1 aromatic rings. The molecule has 1 saturated heterocycles. The number of nitrogens with one attached hydrogen (secondary N) is 2. The Morgan fingerprint density at radius 3 is 3.18 bits per heavy atom. The van der Waals surface area contributed by atoms with Crippen LogP contribution in [0.15, 0.2) is 24.3 Å². The average Bonchev–Trinajstić information content (AvgIpc) is 2.36. The molecule has 0 bridgehead atoms. The van der Waals surface area contributed by atoms with Crippen LogP contribution in [-0.2, 0) is 11.3 Å². The second kappa shape index (κ2) is 6.69. The molecular formula is C13H19FN2O. The molecule has 1 aromatic carbocycles. The predicted octanol–water partition coefficient (Wildman–Crippen LogP) is 1.29. The molecule has 94 valence electrons. The standard InChI is InChI=1S/C13H19FN2O/c14-12-3-1-2-11(8-12)9-15-5-4-13-10-16-6-7-17-13/h1-3,8,13,15-16H,4-7,9-10H2. The van der Waals surface area contributed by atoms with Crippen LogP contribution in [0.1, 0.15) is 12.0 Å². The van der Waals surface area contributed by atoms with E-state index in [9.17, 15) is 4.39 Å². The van der Waals surface area contributed by atoms with E-state index in [1.165, 1.54) is 6.07 Å². The Labute approximate surface area is 101 Å². The van der Waals surface area contributed by atoms with E-state index in [1.807, 2.05) is 6.07 Å². The van der Waals surface area contributed by atoms with Crippen LogP contribution >= 0.6 is 0 Å². The van der Waals surface area contributed by atoms with Crippen molar-refractivity contribution >= 4 is 0 Å². The summed E-state index contributed by atoms with van der Waals surface area (Å²) in [4.78, 5) is 0. The molecular weight excluding hydrogens is 219 g/mol. The Morgan fingerprint density at radius 2 is 2.41 bits per heavy atom. The molecule has 17 heavy (non-hydrogen) atoms. The van der Waals surface area contributed by atoms with Gasteiger partial charge in [-0.15, -0.1) is 0 Å². The first-order valence-electron chi connectivity index (χ1n) is 6.12. The van der Waals surface area contributed by atoms with Crippen molar-refractivity contribution in [1.29, 1.82) is 0 Å². The lowest BCUT2D eigenvalue weighted by Crippen LogP contribution is -2.39. The van der Waals surface area contributed by atoms with E-state index in [1.54, 1.807) is 12.1 Å². The van der Waals surface area contributed by atoms with Crippen LogP contribution < -0.4 is 10.6 Å². The fourth-order valence-electron chi connectivity index (χ4n) is 1.95. The molecule has 0 radical (unpaired) electrons. The summed E-state index contributed by atoms with van der Waals surface area (Å²) >= 11 is 0. The summed E-state index contributed by atoms with van der Waals surface area (Å²) in [5.41, 5.74) is 0.979. The Hall–Kier alpha value is -0.970. The first-order valence-corrected chi connectivity index (χ1v) is 6.12. The van der Waals surface area contributed by atoms with Crippen LogP contribution in [0.3, 0.4) is 0 Å². The SMILES string of the molecule is Fc1cccc(CNCCC2CNCCO2)c1. The zero-order chi connectivity index (χ0) is 11.9. The van der Waals surface area contributed by atoms with Crippen LogP contribution in [-0.4, -0.2) is 32.3 Å².